The van der Waals surface area contributed by atoms with Gasteiger partial charge in [0.1, 0.15) is 0 Å². The molecule has 0 spiro atoms. The van der Waals surface area contributed by atoms with Gasteiger partial charge < -0.3 is 14.6 Å². The first-order valence-corrected chi connectivity index (χ1v) is 8.54. The maximum atomic E-state index is 13.0. The van der Waals surface area contributed by atoms with Crippen molar-refractivity contribution >= 4 is 16.8 Å². The van der Waals surface area contributed by atoms with Crippen molar-refractivity contribution < 1.29 is 9.53 Å². The fourth-order valence-corrected chi connectivity index (χ4v) is 3.28. The zero-order valence-electron chi connectivity index (χ0n) is 14.1. The first-order chi connectivity index (χ1) is 12.7. The number of amides is 1. The number of hydrogen-bond donors (Lipinski definition) is 2. The van der Waals surface area contributed by atoms with Gasteiger partial charge in [-0.15, -0.1) is 0 Å². The number of benzene rings is 1. The molecule has 134 valence electrons. The fraction of sp³-hybridized carbons (Fsp3) is 0.333. The van der Waals surface area contributed by atoms with E-state index in [0.717, 1.165) is 10.9 Å². The van der Waals surface area contributed by atoms with Crippen LogP contribution in [0.15, 0.2) is 41.5 Å². The van der Waals surface area contributed by atoms with E-state index in [0.29, 0.717) is 44.1 Å². The fourth-order valence-electron chi connectivity index (χ4n) is 3.28. The second-order valence-corrected chi connectivity index (χ2v) is 6.42. The van der Waals surface area contributed by atoms with Crippen LogP contribution in [0.5, 0.6) is 0 Å². The number of ether oxygens (including phenoxy) is 1. The predicted octanol–water partition coefficient (Wildman–Crippen LogP) is 0.977. The molecule has 2 N–H and O–H groups in total. The highest BCUT2D eigenvalue weighted by Gasteiger charge is 2.26. The van der Waals surface area contributed by atoms with Crippen molar-refractivity contribution in [3.05, 3.63) is 58.4 Å². The molecular weight excluding hydrogens is 334 g/mol. The Hall–Kier alpha value is -3.00. The first kappa shape index (κ1) is 16.5. The summed E-state index contributed by atoms with van der Waals surface area (Å²) >= 11 is 0. The second-order valence-electron chi connectivity index (χ2n) is 6.42. The topological polar surface area (TPSA) is 104 Å². The van der Waals surface area contributed by atoms with Gasteiger partial charge in [-0.2, -0.15) is 5.10 Å². The van der Waals surface area contributed by atoms with Gasteiger partial charge in [0.25, 0.3) is 11.5 Å². The minimum absolute atomic E-state index is 0.0703. The van der Waals surface area contributed by atoms with Crippen molar-refractivity contribution in [2.45, 2.75) is 6.42 Å². The standard InChI is InChI=1S/C18H19N5O3/c24-16-8-13(19-11-20-16)7-12-9-23(5-6-26-10-12)18(25)17-14-3-1-2-4-15(14)21-22-17/h1-4,8,11-12H,5-7,9-10H2,(H,21,22)(H,19,20,24)/t12-/m0/s1. The molecule has 1 fully saturated rings. The van der Waals surface area contributed by atoms with Crippen LogP contribution in [0.3, 0.4) is 0 Å². The van der Waals surface area contributed by atoms with E-state index in [9.17, 15) is 9.59 Å². The normalized spacial score (nSPS) is 18.0. The summed E-state index contributed by atoms with van der Waals surface area (Å²) in [6, 6.07) is 9.06. The van der Waals surface area contributed by atoms with E-state index < -0.39 is 0 Å². The number of aromatic nitrogens is 4. The number of carbonyl (C=O) groups is 1. The Labute approximate surface area is 149 Å². The van der Waals surface area contributed by atoms with Gasteiger partial charge in [0.2, 0.25) is 0 Å². The number of para-hydroxylation sites is 1. The Bertz CT molecular complexity index is 980. The molecule has 1 atom stereocenters. The van der Waals surface area contributed by atoms with E-state index in [2.05, 4.69) is 20.2 Å². The number of aromatic amines is 2. The molecule has 3 aromatic rings. The van der Waals surface area contributed by atoms with Crippen LogP contribution in [0.4, 0.5) is 0 Å². The monoisotopic (exact) mass is 353 g/mol. The summed E-state index contributed by atoms with van der Waals surface area (Å²) in [5.74, 6) is -0.0437. The van der Waals surface area contributed by atoms with Crippen LogP contribution in [0, 0.1) is 5.92 Å². The molecular formula is C18H19N5O3. The molecule has 1 aromatic carbocycles. The van der Waals surface area contributed by atoms with Gasteiger partial charge in [-0.25, -0.2) is 4.98 Å². The highest BCUT2D eigenvalue weighted by atomic mass is 16.5. The average molecular weight is 353 g/mol. The number of rotatable bonds is 3. The number of H-pyrrole nitrogens is 2. The van der Waals surface area contributed by atoms with Crippen LogP contribution in [-0.2, 0) is 11.2 Å². The SMILES string of the molecule is O=C(c1n[nH]c2ccccc12)N1CCOC[C@@H](Cc2cc(=O)[nH]cn2)C1. The van der Waals surface area contributed by atoms with Crippen LogP contribution in [0.25, 0.3) is 10.9 Å². The highest BCUT2D eigenvalue weighted by Crippen LogP contribution is 2.19. The Morgan fingerprint density at radius 1 is 1.35 bits per heavy atom. The molecule has 1 saturated heterocycles. The van der Waals surface area contributed by atoms with E-state index in [4.69, 9.17) is 4.74 Å². The Morgan fingerprint density at radius 2 is 2.23 bits per heavy atom. The number of nitrogens with zero attached hydrogens (tertiary/aromatic N) is 3. The summed E-state index contributed by atoms with van der Waals surface area (Å²) in [4.78, 5) is 32.9. The van der Waals surface area contributed by atoms with Gasteiger partial charge in [-0.1, -0.05) is 18.2 Å². The van der Waals surface area contributed by atoms with Crippen LogP contribution in [-0.4, -0.2) is 57.3 Å². The van der Waals surface area contributed by atoms with Crippen LogP contribution < -0.4 is 5.56 Å². The molecule has 4 rings (SSSR count). The molecule has 0 aliphatic carbocycles. The molecule has 1 aliphatic rings. The minimum atomic E-state index is -0.180. The first-order valence-electron chi connectivity index (χ1n) is 8.54. The Morgan fingerprint density at radius 3 is 3.12 bits per heavy atom. The van der Waals surface area contributed by atoms with Crippen molar-refractivity contribution in [1.82, 2.24) is 25.1 Å². The third kappa shape index (κ3) is 3.36. The van der Waals surface area contributed by atoms with Gasteiger partial charge in [0, 0.05) is 36.2 Å². The van der Waals surface area contributed by atoms with Crippen molar-refractivity contribution in [2.24, 2.45) is 5.92 Å². The third-order valence-corrected chi connectivity index (χ3v) is 4.53. The average Bonchev–Trinajstić information content (AvgIpc) is 2.94. The van der Waals surface area contributed by atoms with Crippen molar-refractivity contribution in [3.8, 4) is 0 Å². The smallest absolute Gasteiger partial charge is 0.275 e. The van der Waals surface area contributed by atoms with Gasteiger partial charge in [0.05, 0.1) is 25.1 Å². The molecule has 0 radical (unpaired) electrons. The molecule has 1 aliphatic heterocycles. The number of fused-ring (bicyclic) bond motifs is 1. The van der Waals surface area contributed by atoms with Crippen LogP contribution >= 0.6 is 0 Å². The zero-order chi connectivity index (χ0) is 17.9. The maximum Gasteiger partial charge on any atom is 0.275 e. The van der Waals surface area contributed by atoms with Crippen molar-refractivity contribution in [1.29, 1.82) is 0 Å². The van der Waals surface area contributed by atoms with E-state index in [1.807, 2.05) is 24.3 Å². The number of hydrogen-bond acceptors (Lipinski definition) is 5. The summed E-state index contributed by atoms with van der Waals surface area (Å²) in [7, 11) is 0. The third-order valence-electron chi connectivity index (χ3n) is 4.53. The molecule has 0 saturated carbocycles. The van der Waals surface area contributed by atoms with E-state index in [-0.39, 0.29) is 17.4 Å². The van der Waals surface area contributed by atoms with E-state index in [1.165, 1.54) is 12.4 Å². The largest absolute Gasteiger partial charge is 0.379 e. The molecule has 0 bridgehead atoms. The summed E-state index contributed by atoms with van der Waals surface area (Å²) in [5, 5.41) is 7.93. The lowest BCUT2D eigenvalue weighted by molar-refractivity contribution is 0.0733. The van der Waals surface area contributed by atoms with Crippen LogP contribution in [0.2, 0.25) is 0 Å². The van der Waals surface area contributed by atoms with E-state index in [1.54, 1.807) is 4.90 Å². The Kier molecular flexibility index (Phi) is 4.49. The molecule has 2 aromatic heterocycles. The van der Waals surface area contributed by atoms with Gasteiger partial charge >= 0.3 is 0 Å². The quantitative estimate of drug-likeness (QED) is 0.730. The zero-order valence-corrected chi connectivity index (χ0v) is 14.1. The summed E-state index contributed by atoms with van der Waals surface area (Å²) in [6.07, 6.45) is 1.98. The lowest BCUT2D eigenvalue weighted by atomic mass is 10.0. The van der Waals surface area contributed by atoms with Gasteiger partial charge in [-0.3, -0.25) is 14.7 Å². The predicted molar refractivity (Wildman–Crippen MR) is 94.9 cm³/mol. The van der Waals surface area contributed by atoms with Crippen LogP contribution in [0.1, 0.15) is 16.2 Å². The summed E-state index contributed by atoms with van der Waals surface area (Å²) < 4.78 is 5.66. The number of carbonyl (C=O) groups excluding carboxylic acids is 1. The van der Waals surface area contributed by atoms with Gasteiger partial charge in [-0.05, 0) is 12.5 Å². The molecule has 8 heteroatoms. The lowest BCUT2D eigenvalue weighted by Crippen LogP contribution is -2.36. The summed E-state index contributed by atoms with van der Waals surface area (Å²) in [5.41, 5.74) is 1.78. The van der Waals surface area contributed by atoms with Gasteiger partial charge in [0.15, 0.2) is 5.69 Å². The minimum Gasteiger partial charge on any atom is -0.379 e. The van der Waals surface area contributed by atoms with E-state index >= 15 is 0 Å². The molecule has 26 heavy (non-hydrogen) atoms. The highest BCUT2D eigenvalue weighted by molar-refractivity contribution is 6.04. The molecule has 8 nitrogen and oxygen atoms in total. The second kappa shape index (κ2) is 7.09. The van der Waals surface area contributed by atoms with Crippen molar-refractivity contribution in [3.63, 3.8) is 0 Å². The molecule has 1 amide bonds. The Balaban J connectivity index is 1.54. The van der Waals surface area contributed by atoms with Crippen molar-refractivity contribution in [2.75, 3.05) is 26.3 Å². The summed E-state index contributed by atoms with van der Waals surface area (Å²) in [6.45, 7) is 2.06. The molecule has 0 unspecified atom stereocenters. The lowest BCUT2D eigenvalue weighted by Gasteiger charge is -2.22. The number of nitrogens with one attached hydrogen (secondary N) is 2. The maximum absolute atomic E-state index is 13.0. The molecule has 3 heterocycles.